The number of hydrogen-bond donors (Lipinski definition) is 5. The summed E-state index contributed by atoms with van der Waals surface area (Å²) in [6.45, 7) is 1.53. The third-order valence-electron chi connectivity index (χ3n) is 3.69. The van der Waals surface area contributed by atoms with Crippen LogP contribution in [0.25, 0.3) is 0 Å². The number of nitrogens with zero attached hydrogens (tertiary/aromatic N) is 1. The van der Waals surface area contributed by atoms with Gasteiger partial charge in [0.2, 0.25) is 0 Å². The highest BCUT2D eigenvalue weighted by Gasteiger charge is 2.60. The lowest BCUT2D eigenvalue weighted by atomic mass is 9.90. The van der Waals surface area contributed by atoms with E-state index >= 15 is 0 Å². The van der Waals surface area contributed by atoms with Gasteiger partial charge in [0, 0.05) is 0 Å². The van der Waals surface area contributed by atoms with Gasteiger partial charge in [-0.05, 0) is 6.92 Å². The number of nitrogens with two attached hydrogens (primary N) is 1. The van der Waals surface area contributed by atoms with Crippen LogP contribution in [0.1, 0.15) is 6.92 Å². The zero-order valence-electron chi connectivity index (χ0n) is 11.4. The number of hydrogen-bond acceptors (Lipinski definition) is 7. The maximum atomic E-state index is 12.4. The SMILES string of the molecule is CC[N+](C)(C)C(=O)C1(N)O[C@H](CO)[C@@H](O)[C@H](O)[C@H]1O. The summed E-state index contributed by atoms with van der Waals surface area (Å²) < 4.78 is 5.00. The van der Waals surface area contributed by atoms with Crippen LogP contribution in [0.5, 0.6) is 0 Å². The van der Waals surface area contributed by atoms with Crippen molar-refractivity contribution in [1.29, 1.82) is 0 Å². The molecule has 112 valence electrons. The van der Waals surface area contributed by atoms with E-state index in [1.54, 1.807) is 21.0 Å². The number of aliphatic hydroxyl groups is 4. The third kappa shape index (κ3) is 2.65. The van der Waals surface area contributed by atoms with E-state index in [2.05, 4.69) is 0 Å². The highest BCUT2D eigenvalue weighted by atomic mass is 16.6. The van der Waals surface area contributed by atoms with Crippen LogP contribution in [0, 0.1) is 0 Å². The summed E-state index contributed by atoms with van der Waals surface area (Å²) in [5.41, 5.74) is 3.63. The molecule has 1 aliphatic rings. The molecule has 0 spiro atoms. The van der Waals surface area contributed by atoms with E-state index in [0.29, 0.717) is 6.54 Å². The molecule has 0 aliphatic carbocycles. The summed E-state index contributed by atoms with van der Waals surface area (Å²) in [6, 6.07) is 0. The van der Waals surface area contributed by atoms with E-state index in [-0.39, 0.29) is 4.48 Å². The first kappa shape index (κ1) is 16.4. The second-order valence-electron chi connectivity index (χ2n) is 5.36. The monoisotopic (exact) mass is 279 g/mol. The number of likely N-dealkylation sites (N-methyl/N-ethyl adjacent to an activating group) is 1. The minimum Gasteiger partial charge on any atom is -0.394 e. The van der Waals surface area contributed by atoms with Crippen molar-refractivity contribution in [2.45, 2.75) is 37.1 Å². The molecule has 0 radical (unpaired) electrons. The zero-order chi connectivity index (χ0) is 15.0. The van der Waals surface area contributed by atoms with Crippen LogP contribution in [0.15, 0.2) is 0 Å². The summed E-state index contributed by atoms with van der Waals surface area (Å²) in [7, 11) is 3.16. The number of carbonyl (C=O) groups is 1. The third-order valence-corrected chi connectivity index (χ3v) is 3.69. The highest BCUT2D eigenvalue weighted by molar-refractivity contribution is 5.79. The van der Waals surface area contributed by atoms with Crippen LogP contribution in [0.4, 0.5) is 0 Å². The molecule has 1 fully saturated rings. The molecule has 8 heteroatoms. The first-order valence-electron chi connectivity index (χ1n) is 6.11. The first-order chi connectivity index (χ1) is 8.61. The number of quaternary nitrogens is 1. The smallest absolute Gasteiger partial charge is 0.363 e. The summed E-state index contributed by atoms with van der Waals surface area (Å²) in [5, 5.41) is 38.4. The Morgan fingerprint density at radius 3 is 2.26 bits per heavy atom. The van der Waals surface area contributed by atoms with E-state index in [4.69, 9.17) is 15.6 Å². The number of rotatable bonds is 3. The lowest BCUT2D eigenvalue weighted by Crippen LogP contribution is -2.76. The van der Waals surface area contributed by atoms with Gasteiger partial charge in [-0.3, -0.25) is 10.2 Å². The molecule has 1 heterocycles. The molecule has 19 heavy (non-hydrogen) atoms. The average molecular weight is 279 g/mol. The van der Waals surface area contributed by atoms with Crippen molar-refractivity contribution in [3.05, 3.63) is 0 Å². The number of ether oxygens (including phenoxy) is 1. The van der Waals surface area contributed by atoms with Crippen molar-refractivity contribution >= 4 is 5.91 Å². The Hall–Kier alpha value is -0.610. The summed E-state index contributed by atoms with van der Waals surface area (Å²) >= 11 is 0. The topological polar surface area (TPSA) is 133 Å². The fourth-order valence-corrected chi connectivity index (χ4v) is 1.99. The molecule has 0 aromatic rings. The molecule has 1 saturated heterocycles. The van der Waals surface area contributed by atoms with Crippen molar-refractivity contribution in [3.63, 3.8) is 0 Å². The Labute approximate surface area is 111 Å². The second kappa shape index (κ2) is 5.41. The normalized spacial score (nSPS) is 40.2. The van der Waals surface area contributed by atoms with Gasteiger partial charge < -0.3 is 25.2 Å². The minimum absolute atomic E-state index is 0.172. The molecule has 1 rings (SSSR count). The predicted octanol–water partition coefficient (Wildman–Crippen LogP) is -3.26. The van der Waals surface area contributed by atoms with E-state index in [0.717, 1.165) is 0 Å². The van der Waals surface area contributed by atoms with Gasteiger partial charge in [0.05, 0.1) is 27.2 Å². The van der Waals surface area contributed by atoms with Gasteiger partial charge in [-0.1, -0.05) is 0 Å². The standard InChI is InChI=1S/C11H23N2O6/c1-4-13(2,3)10(18)11(12)9(17)8(16)7(15)6(5-14)19-11/h6-9,14-17H,4-5,12H2,1-3H3/q+1/t6-,7-,8+,9-,11?/m1/s1. The number of aliphatic hydroxyl groups excluding tert-OH is 4. The van der Waals surface area contributed by atoms with Gasteiger partial charge in [0.15, 0.2) is 0 Å². The average Bonchev–Trinajstić information content (AvgIpc) is 2.39. The van der Waals surface area contributed by atoms with Gasteiger partial charge in [0.25, 0.3) is 5.72 Å². The van der Waals surface area contributed by atoms with Gasteiger partial charge in [0.1, 0.15) is 24.4 Å². The van der Waals surface area contributed by atoms with Gasteiger partial charge in [-0.15, -0.1) is 0 Å². The molecule has 0 aromatic carbocycles. The van der Waals surface area contributed by atoms with Crippen molar-refractivity contribution in [2.24, 2.45) is 5.73 Å². The Kier molecular flexibility index (Phi) is 4.68. The van der Waals surface area contributed by atoms with E-state index in [1.807, 2.05) is 0 Å². The van der Waals surface area contributed by atoms with Crippen LogP contribution >= 0.6 is 0 Å². The van der Waals surface area contributed by atoms with Crippen molar-refractivity contribution in [1.82, 2.24) is 0 Å². The van der Waals surface area contributed by atoms with Crippen LogP contribution in [-0.2, 0) is 9.53 Å². The molecular weight excluding hydrogens is 256 g/mol. The highest BCUT2D eigenvalue weighted by Crippen LogP contribution is 2.29. The second-order valence-corrected chi connectivity index (χ2v) is 5.36. The molecule has 8 nitrogen and oxygen atoms in total. The van der Waals surface area contributed by atoms with Crippen LogP contribution in [0.2, 0.25) is 0 Å². The Balaban J connectivity index is 3.11. The van der Waals surface area contributed by atoms with Gasteiger partial charge >= 0.3 is 5.91 Å². The molecule has 1 amide bonds. The molecule has 1 aliphatic heterocycles. The van der Waals surface area contributed by atoms with Crippen LogP contribution in [0.3, 0.4) is 0 Å². The lowest BCUT2D eigenvalue weighted by Gasteiger charge is -2.46. The lowest BCUT2D eigenvalue weighted by molar-refractivity contribution is -0.816. The van der Waals surface area contributed by atoms with E-state index in [9.17, 15) is 20.1 Å². The first-order valence-corrected chi connectivity index (χ1v) is 6.11. The Morgan fingerprint density at radius 2 is 1.84 bits per heavy atom. The zero-order valence-corrected chi connectivity index (χ0v) is 11.4. The molecular formula is C11H23N2O6+. The molecule has 5 atom stereocenters. The van der Waals surface area contributed by atoms with E-state index in [1.165, 1.54) is 0 Å². The predicted molar refractivity (Wildman–Crippen MR) is 64.6 cm³/mol. The number of carbonyl (C=O) groups excluding carboxylic acids is 1. The van der Waals surface area contributed by atoms with Gasteiger partial charge in [-0.25, -0.2) is 4.79 Å². The van der Waals surface area contributed by atoms with Crippen LogP contribution in [-0.4, -0.2) is 88.2 Å². The van der Waals surface area contributed by atoms with Crippen molar-refractivity contribution in [3.8, 4) is 0 Å². The van der Waals surface area contributed by atoms with Gasteiger partial charge in [-0.2, -0.15) is 0 Å². The van der Waals surface area contributed by atoms with E-state index < -0.39 is 42.7 Å². The summed E-state index contributed by atoms with van der Waals surface area (Å²) in [5.74, 6) is -0.646. The molecule has 6 N–H and O–H groups in total. The van der Waals surface area contributed by atoms with Crippen LogP contribution < -0.4 is 5.73 Å². The summed E-state index contributed by atoms with van der Waals surface area (Å²) in [4.78, 5) is 12.4. The molecule has 1 unspecified atom stereocenters. The molecule has 0 aromatic heterocycles. The Bertz CT molecular complexity index is 348. The van der Waals surface area contributed by atoms with Crippen molar-refractivity contribution in [2.75, 3.05) is 27.2 Å². The summed E-state index contributed by atoms with van der Waals surface area (Å²) in [6.07, 6.45) is -6.19. The van der Waals surface area contributed by atoms with Crippen molar-refractivity contribution < 1.29 is 34.4 Å². The quantitative estimate of drug-likeness (QED) is 0.342. The minimum atomic E-state index is -2.18. The maximum absolute atomic E-state index is 12.4. The molecule has 0 bridgehead atoms. The fourth-order valence-electron chi connectivity index (χ4n) is 1.99. The largest absolute Gasteiger partial charge is 0.394 e. The maximum Gasteiger partial charge on any atom is 0.363 e. The fraction of sp³-hybridized carbons (Fsp3) is 0.909. The molecule has 0 saturated carbocycles. The number of amides is 1. The Morgan fingerprint density at radius 1 is 1.32 bits per heavy atom.